The highest BCUT2D eigenvalue weighted by Gasteiger charge is 2.33. The molecule has 0 fully saturated rings. The van der Waals surface area contributed by atoms with Crippen LogP contribution in [0.1, 0.15) is 37.9 Å². The Bertz CT molecular complexity index is 1480. The second-order valence-corrected chi connectivity index (χ2v) is 8.90. The number of fused-ring (bicyclic) bond motifs is 1. The summed E-state index contributed by atoms with van der Waals surface area (Å²) in [4.78, 5) is 42.8. The van der Waals surface area contributed by atoms with Crippen molar-refractivity contribution in [3.05, 3.63) is 95.6 Å². The van der Waals surface area contributed by atoms with E-state index < -0.39 is 18.0 Å². The third-order valence-corrected chi connectivity index (χ3v) is 6.49. The number of aromatic nitrogens is 1. The number of allylic oxidation sites excluding steroid dienone is 1. The fourth-order valence-electron chi connectivity index (χ4n) is 3.72. The van der Waals surface area contributed by atoms with Crippen molar-refractivity contribution in [3.8, 4) is 5.75 Å². The molecule has 7 nitrogen and oxygen atoms in total. The lowest BCUT2D eigenvalue weighted by Gasteiger charge is -2.24. The molecule has 0 saturated carbocycles. The zero-order valence-electron chi connectivity index (χ0n) is 18.7. The van der Waals surface area contributed by atoms with Crippen molar-refractivity contribution in [1.29, 1.82) is 0 Å². The molecule has 2 aromatic carbocycles. The smallest absolute Gasteiger partial charge is 0.338 e. The molecule has 1 aromatic heterocycles. The molecule has 0 amide bonds. The van der Waals surface area contributed by atoms with E-state index in [0.29, 0.717) is 36.9 Å². The van der Waals surface area contributed by atoms with Crippen LogP contribution in [-0.4, -0.2) is 23.1 Å². The number of esters is 2. The number of thiazole rings is 1. The van der Waals surface area contributed by atoms with Gasteiger partial charge < -0.3 is 9.47 Å². The van der Waals surface area contributed by atoms with Crippen LogP contribution in [0.2, 0.25) is 5.02 Å². The van der Waals surface area contributed by atoms with Gasteiger partial charge in [0.2, 0.25) is 0 Å². The van der Waals surface area contributed by atoms with Gasteiger partial charge in [-0.05, 0) is 49.2 Å². The molecular weight excluding hydrogens is 476 g/mol. The maximum Gasteiger partial charge on any atom is 0.338 e. The second kappa shape index (κ2) is 9.79. The maximum absolute atomic E-state index is 13.6. The van der Waals surface area contributed by atoms with E-state index in [1.54, 1.807) is 50.3 Å². The van der Waals surface area contributed by atoms with Gasteiger partial charge in [0, 0.05) is 11.9 Å². The van der Waals surface area contributed by atoms with Crippen LogP contribution in [-0.2, 0) is 14.3 Å². The minimum atomic E-state index is -0.755. The van der Waals surface area contributed by atoms with E-state index >= 15 is 0 Å². The number of benzene rings is 2. The van der Waals surface area contributed by atoms with Gasteiger partial charge in [0.05, 0.1) is 28.5 Å². The summed E-state index contributed by atoms with van der Waals surface area (Å²) >= 11 is 7.51. The number of hydrogen-bond donors (Lipinski definition) is 0. The molecular formula is C25H21ClN2O5S. The lowest BCUT2D eigenvalue weighted by atomic mass is 9.96. The summed E-state index contributed by atoms with van der Waals surface area (Å²) in [6, 6.07) is 13.1. The quantitative estimate of drug-likeness (QED) is 0.399. The molecule has 1 aliphatic heterocycles. The van der Waals surface area contributed by atoms with Crippen LogP contribution in [0, 0.1) is 0 Å². The summed E-state index contributed by atoms with van der Waals surface area (Å²) in [5, 5.41) is 0.523. The second-order valence-electron chi connectivity index (χ2n) is 7.49. The Morgan fingerprint density at radius 3 is 2.53 bits per heavy atom. The monoisotopic (exact) mass is 496 g/mol. The SMILES string of the molecule is CCOC(=O)C1=C(C)N=c2s/c(=C/c3ccccc3Cl)c(=O)n2C1c1ccc(OC(C)=O)cc1. The average Bonchev–Trinajstić information content (AvgIpc) is 3.09. The van der Waals surface area contributed by atoms with Crippen molar-refractivity contribution in [2.24, 2.45) is 4.99 Å². The fraction of sp³-hybridized carbons (Fsp3) is 0.200. The first-order valence-electron chi connectivity index (χ1n) is 10.5. The lowest BCUT2D eigenvalue weighted by Crippen LogP contribution is -2.39. The van der Waals surface area contributed by atoms with Gasteiger partial charge in [0.1, 0.15) is 5.75 Å². The molecule has 0 radical (unpaired) electrons. The number of carbonyl (C=O) groups is 2. The van der Waals surface area contributed by atoms with Crippen molar-refractivity contribution in [2.75, 3.05) is 6.61 Å². The van der Waals surface area contributed by atoms with Gasteiger partial charge in [-0.1, -0.05) is 53.3 Å². The van der Waals surface area contributed by atoms with Crippen LogP contribution in [0.25, 0.3) is 6.08 Å². The number of halogens is 1. The van der Waals surface area contributed by atoms with E-state index in [2.05, 4.69) is 4.99 Å². The van der Waals surface area contributed by atoms with Gasteiger partial charge >= 0.3 is 11.9 Å². The summed E-state index contributed by atoms with van der Waals surface area (Å²) in [5.41, 5.74) is 1.81. The largest absolute Gasteiger partial charge is 0.463 e. The van der Waals surface area contributed by atoms with E-state index in [0.717, 1.165) is 0 Å². The Labute approximate surface area is 204 Å². The third-order valence-electron chi connectivity index (χ3n) is 5.17. The predicted octanol–water partition coefficient (Wildman–Crippen LogP) is 3.38. The van der Waals surface area contributed by atoms with Crippen LogP contribution in [0.3, 0.4) is 0 Å². The number of hydrogen-bond acceptors (Lipinski definition) is 7. The van der Waals surface area contributed by atoms with Crippen molar-refractivity contribution < 1.29 is 19.1 Å². The molecule has 0 spiro atoms. The van der Waals surface area contributed by atoms with Crippen LogP contribution < -0.4 is 19.6 Å². The highest BCUT2D eigenvalue weighted by molar-refractivity contribution is 7.07. The first kappa shape index (κ1) is 23.7. The Hall–Kier alpha value is -3.49. The fourth-order valence-corrected chi connectivity index (χ4v) is 4.95. The summed E-state index contributed by atoms with van der Waals surface area (Å²) < 4.78 is 12.3. The van der Waals surface area contributed by atoms with Crippen LogP contribution >= 0.6 is 22.9 Å². The minimum absolute atomic E-state index is 0.185. The predicted molar refractivity (Wildman–Crippen MR) is 130 cm³/mol. The Balaban J connectivity index is 1.92. The van der Waals surface area contributed by atoms with Crippen LogP contribution in [0.5, 0.6) is 5.75 Å². The molecule has 0 N–H and O–H groups in total. The Morgan fingerprint density at radius 2 is 1.88 bits per heavy atom. The van der Waals surface area contributed by atoms with Gasteiger partial charge in [0.25, 0.3) is 5.56 Å². The number of rotatable bonds is 5. The molecule has 2 heterocycles. The van der Waals surface area contributed by atoms with Gasteiger partial charge in [-0.3, -0.25) is 14.2 Å². The summed E-state index contributed by atoms with van der Waals surface area (Å²) in [7, 11) is 0. The van der Waals surface area contributed by atoms with E-state index in [4.69, 9.17) is 21.1 Å². The summed E-state index contributed by atoms with van der Waals surface area (Å²) in [6.45, 7) is 4.94. The molecule has 0 bridgehead atoms. The summed E-state index contributed by atoms with van der Waals surface area (Å²) in [5.74, 6) is -0.623. The van der Waals surface area contributed by atoms with E-state index in [-0.39, 0.29) is 17.7 Å². The summed E-state index contributed by atoms with van der Waals surface area (Å²) in [6.07, 6.45) is 1.72. The maximum atomic E-state index is 13.6. The minimum Gasteiger partial charge on any atom is -0.463 e. The highest BCUT2D eigenvalue weighted by atomic mass is 35.5. The van der Waals surface area contributed by atoms with Crippen molar-refractivity contribution in [2.45, 2.75) is 26.8 Å². The van der Waals surface area contributed by atoms with Gasteiger partial charge in [-0.15, -0.1) is 0 Å². The number of nitrogens with zero attached hydrogens (tertiary/aromatic N) is 2. The Morgan fingerprint density at radius 1 is 1.18 bits per heavy atom. The molecule has 1 aliphatic rings. The molecule has 0 aliphatic carbocycles. The molecule has 4 rings (SSSR count). The molecule has 9 heteroatoms. The third kappa shape index (κ3) is 4.60. The zero-order chi connectivity index (χ0) is 24.4. The standard InChI is InChI=1S/C25H21ClN2O5S/c1-4-32-24(31)21-14(2)27-25-28(22(21)16-9-11-18(12-10-16)33-15(3)29)23(30)20(34-25)13-17-7-5-6-8-19(17)26/h5-13,22H,4H2,1-3H3/b20-13+. The van der Waals surface area contributed by atoms with E-state index in [1.165, 1.54) is 22.8 Å². The lowest BCUT2D eigenvalue weighted by molar-refractivity contribution is -0.139. The highest BCUT2D eigenvalue weighted by Crippen LogP contribution is 2.31. The van der Waals surface area contributed by atoms with Crippen LogP contribution in [0.4, 0.5) is 0 Å². The van der Waals surface area contributed by atoms with E-state index in [1.807, 2.05) is 18.2 Å². The molecule has 1 atom stereocenters. The molecule has 1 unspecified atom stereocenters. The van der Waals surface area contributed by atoms with Gasteiger partial charge in [0.15, 0.2) is 4.80 Å². The molecule has 174 valence electrons. The van der Waals surface area contributed by atoms with Crippen molar-refractivity contribution in [1.82, 2.24) is 4.57 Å². The van der Waals surface area contributed by atoms with Gasteiger partial charge in [-0.25, -0.2) is 9.79 Å². The number of carbonyl (C=O) groups excluding carboxylic acids is 2. The Kier molecular flexibility index (Phi) is 6.81. The van der Waals surface area contributed by atoms with Crippen LogP contribution in [0.15, 0.2) is 69.6 Å². The van der Waals surface area contributed by atoms with Crippen molar-refractivity contribution >= 4 is 41.0 Å². The first-order chi connectivity index (χ1) is 16.3. The van der Waals surface area contributed by atoms with Gasteiger partial charge in [-0.2, -0.15) is 0 Å². The zero-order valence-corrected chi connectivity index (χ0v) is 20.3. The first-order valence-corrected chi connectivity index (χ1v) is 11.7. The van der Waals surface area contributed by atoms with E-state index in [9.17, 15) is 14.4 Å². The average molecular weight is 497 g/mol. The molecule has 34 heavy (non-hydrogen) atoms. The normalized spacial score (nSPS) is 15.5. The van der Waals surface area contributed by atoms with Crippen molar-refractivity contribution in [3.63, 3.8) is 0 Å². The molecule has 3 aromatic rings. The molecule has 0 saturated heterocycles. The number of ether oxygens (including phenoxy) is 2. The topological polar surface area (TPSA) is 87.0 Å².